The van der Waals surface area contributed by atoms with Crippen LogP contribution in [0.25, 0.3) is 0 Å². The van der Waals surface area contributed by atoms with Crippen molar-refractivity contribution < 1.29 is 33.9 Å². The second-order valence-electron chi connectivity index (χ2n) is 4.94. The highest BCUT2D eigenvalue weighted by Gasteiger charge is 2.25. The Morgan fingerprint density at radius 1 is 1.04 bits per heavy atom. The lowest BCUT2D eigenvalue weighted by molar-refractivity contribution is 0.0964. The van der Waals surface area contributed by atoms with Gasteiger partial charge >= 0.3 is 7.82 Å². The number of benzene rings is 2. The fourth-order valence-electron chi connectivity index (χ4n) is 2.07. The monoisotopic (exact) mass is 338 g/mol. The lowest BCUT2D eigenvalue weighted by atomic mass is 9.92. The van der Waals surface area contributed by atoms with Crippen LogP contribution in [0, 0.1) is 0 Å². The van der Waals surface area contributed by atoms with Crippen molar-refractivity contribution in [2.24, 2.45) is 0 Å². The Hall–Kier alpha value is -2.34. The highest BCUT2D eigenvalue weighted by atomic mass is 31.2. The van der Waals surface area contributed by atoms with Crippen LogP contribution in [0.5, 0.6) is 17.2 Å². The maximum atomic E-state index is 12.6. The molecule has 0 bridgehead atoms. The number of phenols is 2. The van der Waals surface area contributed by atoms with E-state index in [-0.39, 0.29) is 17.1 Å². The van der Waals surface area contributed by atoms with Gasteiger partial charge in [0.05, 0.1) is 5.56 Å². The van der Waals surface area contributed by atoms with E-state index in [1.54, 1.807) is 19.1 Å². The van der Waals surface area contributed by atoms with Crippen molar-refractivity contribution in [3.63, 3.8) is 0 Å². The predicted molar refractivity (Wildman–Crippen MR) is 81.6 cm³/mol. The normalized spacial score (nSPS) is 12.7. The Bertz CT molecular complexity index is 764. The predicted octanol–water partition coefficient (Wildman–Crippen LogP) is 2.56. The third-order valence-electron chi connectivity index (χ3n) is 3.23. The first-order valence-electron chi connectivity index (χ1n) is 6.58. The second-order valence-corrected chi connectivity index (χ2v) is 6.10. The van der Waals surface area contributed by atoms with Crippen LogP contribution in [0.3, 0.4) is 0 Å². The van der Waals surface area contributed by atoms with E-state index in [1.807, 2.05) is 0 Å². The van der Waals surface area contributed by atoms with Crippen molar-refractivity contribution in [3.05, 3.63) is 53.6 Å². The number of hydrogen-bond donors (Lipinski definition) is 4. The smallest absolute Gasteiger partial charge is 0.508 e. The highest BCUT2D eigenvalue weighted by Crippen LogP contribution is 2.41. The van der Waals surface area contributed by atoms with Crippen LogP contribution >= 0.6 is 7.82 Å². The lowest BCUT2D eigenvalue weighted by Gasteiger charge is -2.15. The van der Waals surface area contributed by atoms with Gasteiger partial charge in [-0.2, -0.15) is 0 Å². The third-order valence-corrected chi connectivity index (χ3v) is 3.67. The fourth-order valence-corrected chi connectivity index (χ4v) is 2.47. The number of carbonyl (C=O) groups is 1. The van der Waals surface area contributed by atoms with E-state index >= 15 is 0 Å². The minimum atomic E-state index is -4.88. The van der Waals surface area contributed by atoms with Crippen LogP contribution < -0.4 is 4.52 Å². The summed E-state index contributed by atoms with van der Waals surface area (Å²) in [6, 6.07) is 9.44. The molecule has 23 heavy (non-hydrogen) atoms. The number of carbonyl (C=O) groups excluding carboxylic acids is 1. The molecule has 2 aromatic rings. The molecule has 1 atom stereocenters. The average Bonchev–Trinajstić information content (AvgIpc) is 2.45. The van der Waals surface area contributed by atoms with Crippen LogP contribution in [0.4, 0.5) is 0 Å². The van der Waals surface area contributed by atoms with Crippen LogP contribution in [0.15, 0.2) is 42.5 Å². The van der Waals surface area contributed by atoms with Gasteiger partial charge in [0.15, 0.2) is 5.78 Å². The van der Waals surface area contributed by atoms with Crippen LogP contribution in [0.1, 0.15) is 28.8 Å². The quantitative estimate of drug-likeness (QED) is 0.488. The molecule has 0 radical (unpaired) electrons. The molecular formula is C15H15O7P. The van der Waals surface area contributed by atoms with E-state index in [2.05, 4.69) is 4.52 Å². The summed E-state index contributed by atoms with van der Waals surface area (Å²) in [4.78, 5) is 30.4. The minimum absolute atomic E-state index is 0.0588. The minimum Gasteiger partial charge on any atom is -0.508 e. The number of phosphoric acid groups is 1. The number of phosphoric ester groups is 1. The molecule has 0 saturated heterocycles. The van der Waals surface area contributed by atoms with E-state index in [4.69, 9.17) is 9.79 Å². The molecule has 1 unspecified atom stereocenters. The van der Waals surface area contributed by atoms with Gasteiger partial charge in [0.2, 0.25) is 0 Å². The summed E-state index contributed by atoms with van der Waals surface area (Å²) in [6.45, 7) is 1.61. The molecule has 122 valence electrons. The summed E-state index contributed by atoms with van der Waals surface area (Å²) < 4.78 is 15.5. The zero-order valence-electron chi connectivity index (χ0n) is 12.1. The summed E-state index contributed by atoms with van der Waals surface area (Å²) in [7, 11) is -4.88. The van der Waals surface area contributed by atoms with Gasteiger partial charge in [-0.15, -0.1) is 0 Å². The van der Waals surface area contributed by atoms with E-state index in [9.17, 15) is 19.6 Å². The molecule has 0 aliphatic heterocycles. The summed E-state index contributed by atoms with van der Waals surface area (Å²) >= 11 is 0. The van der Waals surface area contributed by atoms with Crippen molar-refractivity contribution in [2.75, 3.05) is 0 Å². The maximum absolute atomic E-state index is 12.6. The number of aromatic hydroxyl groups is 2. The molecule has 2 rings (SSSR count). The van der Waals surface area contributed by atoms with E-state index in [0.29, 0.717) is 5.56 Å². The van der Waals surface area contributed by atoms with Crippen LogP contribution in [-0.2, 0) is 4.57 Å². The van der Waals surface area contributed by atoms with E-state index in [0.717, 1.165) is 6.07 Å². The summed E-state index contributed by atoms with van der Waals surface area (Å²) in [5.74, 6) is -1.71. The maximum Gasteiger partial charge on any atom is 0.524 e. The standard InChI is InChI=1S/C15H15O7P/c1-9(10-2-4-11(16)5-3-10)15(18)13-7-6-12(17)8-14(13)22-23(19,20)21/h2-9,16-17H,1H3,(H2,19,20,21). The summed E-state index contributed by atoms with van der Waals surface area (Å²) in [5.41, 5.74) is 0.551. The van der Waals surface area contributed by atoms with E-state index in [1.165, 1.54) is 24.3 Å². The summed E-state index contributed by atoms with van der Waals surface area (Å²) in [6.07, 6.45) is 0. The van der Waals surface area contributed by atoms with Gasteiger partial charge in [0.25, 0.3) is 0 Å². The lowest BCUT2D eigenvalue weighted by Crippen LogP contribution is -2.11. The Morgan fingerprint density at radius 2 is 1.61 bits per heavy atom. The van der Waals surface area contributed by atoms with Crippen LogP contribution in [0.2, 0.25) is 0 Å². The first kappa shape index (κ1) is 17.0. The SMILES string of the molecule is CC(C(=O)c1ccc(O)cc1OP(=O)(O)O)c1ccc(O)cc1. The largest absolute Gasteiger partial charge is 0.524 e. The molecule has 2 aromatic carbocycles. The first-order chi connectivity index (χ1) is 10.7. The Balaban J connectivity index is 2.38. The van der Waals surface area contributed by atoms with Crippen molar-refractivity contribution in [1.82, 2.24) is 0 Å². The second kappa shape index (κ2) is 6.42. The van der Waals surface area contributed by atoms with E-state index < -0.39 is 25.3 Å². The summed E-state index contributed by atoms with van der Waals surface area (Å²) in [5, 5.41) is 18.7. The first-order valence-corrected chi connectivity index (χ1v) is 8.12. The average molecular weight is 338 g/mol. The molecule has 0 fully saturated rings. The van der Waals surface area contributed by atoms with Gasteiger partial charge in [0.1, 0.15) is 17.2 Å². The van der Waals surface area contributed by atoms with Crippen LogP contribution in [-0.4, -0.2) is 25.8 Å². The van der Waals surface area contributed by atoms with Gasteiger partial charge in [-0.05, 0) is 29.8 Å². The Morgan fingerprint density at radius 3 is 2.17 bits per heavy atom. The molecule has 0 aliphatic rings. The van der Waals surface area contributed by atoms with Crippen molar-refractivity contribution in [2.45, 2.75) is 12.8 Å². The zero-order chi connectivity index (χ0) is 17.2. The number of hydrogen-bond acceptors (Lipinski definition) is 5. The van der Waals surface area contributed by atoms with Gasteiger partial charge in [-0.3, -0.25) is 14.6 Å². The molecular weight excluding hydrogens is 323 g/mol. The molecule has 0 aliphatic carbocycles. The molecule has 4 N–H and O–H groups in total. The highest BCUT2D eigenvalue weighted by molar-refractivity contribution is 7.46. The number of rotatable bonds is 5. The number of Topliss-reactive ketones (excluding diaryl/α,β-unsaturated/α-hetero) is 1. The molecule has 0 spiro atoms. The van der Waals surface area contributed by atoms with Gasteiger partial charge in [-0.1, -0.05) is 19.1 Å². The Kier molecular flexibility index (Phi) is 4.75. The van der Waals surface area contributed by atoms with Crippen molar-refractivity contribution in [3.8, 4) is 17.2 Å². The van der Waals surface area contributed by atoms with Gasteiger partial charge < -0.3 is 14.7 Å². The molecule has 0 saturated carbocycles. The van der Waals surface area contributed by atoms with Crippen molar-refractivity contribution in [1.29, 1.82) is 0 Å². The molecule has 8 heteroatoms. The number of ketones is 1. The van der Waals surface area contributed by atoms with Crippen molar-refractivity contribution >= 4 is 13.6 Å². The van der Waals surface area contributed by atoms with Gasteiger partial charge in [0, 0.05) is 12.0 Å². The molecule has 7 nitrogen and oxygen atoms in total. The number of phenolic OH excluding ortho intramolecular Hbond substituents is 2. The molecule has 0 aromatic heterocycles. The van der Waals surface area contributed by atoms with Gasteiger partial charge in [-0.25, -0.2) is 4.57 Å². The topological polar surface area (TPSA) is 124 Å². The Labute approximate surface area is 132 Å². The third kappa shape index (κ3) is 4.32. The zero-order valence-corrected chi connectivity index (χ0v) is 13.0. The molecule has 0 heterocycles. The fraction of sp³-hybridized carbons (Fsp3) is 0.133. The molecule has 0 amide bonds.